The van der Waals surface area contributed by atoms with E-state index in [1.165, 1.54) is 0 Å². The molecule has 82 valence electrons. The van der Waals surface area contributed by atoms with Gasteiger partial charge in [-0.1, -0.05) is 12.1 Å². The molecule has 0 unspecified atom stereocenters. The van der Waals surface area contributed by atoms with Crippen molar-refractivity contribution in [2.45, 2.75) is 25.6 Å². The first-order valence-corrected chi connectivity index (χ1v) is 5.32. The van der Waals surface area contributed by atoms with E-state index in [4.69, 9.17) is 14.6 Å². The minimum atomic E-state index is 0.0809. The quantitative estimate of drug-likeness (QED) is 0.822. The van der Waals surface area contributed by atoms with Crippen molar-refractivity contribution < 1.29 is 14.6 Å². The maximum absolute atomic E-state index is 8.89. The fourth-order valence-electron chi connectivity index (χ4n) is 1.66. The second kappa shape index (κ2) is 5.14. The van der Waals surface area contributed by atoms with Crippen molar-refractivity contribution in [1.82, 2.24) is 0 Å². The Hall–Kier alpha value is -1.06. The average Bonchev–Trinajstić information content (AvgIpc) is 2.31. The van der Waals surface area contributed by atoms with Crippen LogP contribution in [0.4, 0.5) is 0 Å². The fraction of sp³-hybridized carbons (Fsp3) is 0.500. The van der Waals surface area contributed by atoms with E-state index in [1.54, 1.807) is 0 Å². The molecular formula is C12H16O3. The number of aliphatic hydroxyl groups is 1. The van der Waals surface area contributed by atoms with E-state index < -0.39 is 0 Å². The zero-order valence-electron chi connectivity index (χ0n) is 8.69. The van der Waals surface area contributed by atoms with Gasteiger partial charge in [0.25, 0.3) is 0 Å². The normalized spacial score (nSPS) is 17.7. The van der Waals surface area contributed by atoms with Gasteiger partial charge in [0, 0.05) is 12.8 Å². The van der Waals surface area contributed by atoms with Crippen molar-refractivity contribution in [1.29, 1.82) is 0 Å². The van der Waals surface area contributed by atoms with Gasteiger partial charge in [0.05, 0.1) is 19.8 Å². The van der Waals surface area contributed by atoms with Gasteiger partial charge in [0.1, 0.15) is 11.9 Å². The first kappa shape index (κ1) is 10.5. The molecule has 2 rings (SSSR count). The van der Waals surface area contributed by atoms with E-state index in [1.807, 2.05) is 24.3 Å². The van der Waals surface area contributed by atoms with Crippen molar-refractivity contribution in [3.05, 3.63) is 29.8 Å². The van der Waals surface area contributed by atoms with Crippen LogP contribution in [0.25, 0.3) is 0 Å². The number of benzene rings is 1. The van der Waals surface area contributed by atoms with Gasteiger partial charge in [-0.3, -0.25) is 0 Å². The van der Waals surface area contributed by atoms with Crippen LogP contribution in [0.1, 0.15) is 18.4 Å². The van der Waals surface area contributed by atoms with Crippen LogP contribution in [-0.4, -0.2) is 24.4 Å². The summed E-state index contributed by atoms with van der Waals surface area (Å²) in [5.41, 5.74) is 0.911. The van der Waals surface area contributed by atoms with E-state index in [-0.39, 0.29) is 12.7 Å². The third kappa shape index (κ3) is 2.94. The van der Waals surface area contributed by atoms with Gasteiger partial charge in [-0.05, 0) is 17.7 Å². The maximum atomic E-state index is 8.89. The summed E-state index contributed by atoms with van der Waals surface area (Å²) in [6, 6.07) is 7.57. The lowest BCUT2D eigenvalue weighted by molar-refractivity contribution is 0.0255. The van der Waals surface area contributed by atoms with E-state index in [9.17, 15) is 0 Å². The van der Waals surface area contributed by atoms with Crippen LogP contribution in [0, 0.1) is 0 Å². The standard InChI is InChI=1S/C12H16O3/c13-9-10-1-3-11(4-2-10)15-12-5-7-14-8-6-12/h1-4,12-13H,5-9H2. The Bertz CT molecular complexity index is 288. The van der Waals surface area contributed by atoms with Crippen molar-refractivity contribution in [3.8, 4) is 5.75 Å². The van der Waals surface area contributed by atoms with Gasteiger partial charge in [0.2, 0.25) is 0 Å². The topological polar surface area (TPSA) is 38.7 Å². The molecule has 1 heterocycles. The number of ether oxygens (including phenoxy) is 2. The molecular weight excluding hydrogens is 192 g/mol. The molecule has 1 aromatic rings. The van der Waals surface area contributed by atoms with E-state index in [0.717, 1.165) is 37.4 Å². The molecule has 0 spiro atoms. The molecule has 1 saturated heterocycles. The largest absolute Gasteiger partial charge is 0.490 e. The molecule has 0 radical (unpaired) electrons. The monoisotopic (exact) mass is 208 g/mol. The number of rotatable bonds is 3. The summed E-state index contributed by atoms with van der Waals surface area (Å²) in [6.07, 6.45) is 2.20. The highest BCUT2D eigenvalue weighted by Gasteiger charge is 2.14. The van der Waals surface area contributed by atoms with Crippen molar-refractivity contribution >= 4 is 0 Å². The summed E-state index contributed by atoms with van der Waals surface area (Å²) >= 11 is 0. The van der Waals surface area contributed by atoms with Crippen LogP contribution >= 0.6 is 0 Å². The van der Waals surface area contributed by atoms with E-state index >= 15 is 0 Å². The van der Waals surface area contributed by atoms with Crippen LogP contribution in [0.2, 0.25) is 0 Å². The minimum absolute atomic E-state index is 0.0809. The van der Waals surface area contributed by atoms with E-state index in [2.05, 4.69) is 0 Å². The summed E-state index contributed by atoms with van der Waals surface area (Å²) in [7, 11) is 0. The Kier molecular flexibility index (Phi) is 3.59. The molecule has 1 fully saturated rings. The SMILES string of the molecule is OCc1ccc(OC2CCOCC2)cc1. The molecule has 1 aliphatic heterocycles. The molecule has 0 amide bonds. The third-order valence-electron chi connectivity index (χ3n) is 2.58. The maximum Gasteiger partial charge on any atom is 0.119 e. The molecule has 1 N–H and O–H groups in total. The molecule has 0 saturated carbocycles. The summed E-state index contributed by atoms with van der Waals surface area (Å²) < 4.78 is 11.1. The molecule has 0 aliphatic carbocycles. The molecule has 0 atom stereocenters. The molecule has 3 heteroatoms. The number of hydrogen-bond acceptors (Lipinski definition) is 3. The highest BCUT2D eigenvalue weighted by Crippen LogP contribution is 2.18. The zero-order chi connectivity index (χ0) is 10.5. The highest BCUT2D eigenvalue weighted by atomic mass is 16.5. The van der Waals surface area contributed by atoms with Crippen LogP contribution < -0.4 is 4.74 Å². The Balaban J connectivity index is 1.91. The van der Waals surface area contributed by atoms with Gasteiger partial charge in [-0.2, -0.15) is 0 Å². The smallest absolute Gasteiger partial charge is 0.119 e. The molecule has 1 aromatic carbocycles. The van der Waals surface area contributed by atoms with Crippen molar-refractivity contribution in [2.24, 2.45) is 0 Å². The summed E-state index contributed by atoms with van der Waals surface area (Å²) in [4.78, 5) is 0. The van der Waals surface area contributed by atoms with Crippen LogP contribution in [0.3, 0.4) is 0 Å². The van der Waals surface area contributed by atoms with Crippen molar-refractivity contribution in [2.75, 3.05) is 13.2 Å². The lowest BCUT2D eigenvalue weighted by atomic mass is 10.1. The van der Waals surface area contributed by atoms with Gasteiger partial charge in [-0.15, -0.1) is 0 Å². The van der Waals surface area contributed by atoms with E-state index in [0.29, 0.717) is 0 Å². The fourth-order valence-corrected chi connectivity index (χ4v) is 1.66. The zero-order valence-corrected chi connectivity index (χ0v) is 8.69. The Labute approximate surface area is 89.6 Å². The summed E-state index contributed by atoms with van der Waals surface area (Å²) in [6.45, 7) is 1.66. The minimum Gasteiger partial charge on any atom is -0.490 e. The predicted octanol–water partition coefficient (Wildman–Crippen LogP) is 1.74. The Morgan fingerprint density at radius 1 is 1.20 bits per heavy atom. The molecule has 0 aromatic heterocycles. The third-order valence-corrected chi connectivity index (χ3v) is 2.58. The molecule has 15 heavy (non-hydrogen) atoms. The summed E-state index contributed by atoms with van der Waals surface area (Å²) in [5.74, 6) is 0.874. The van der Waals surface area contributed by atoms with Crippen LogP contribution in [0.15, 0.2) is 24.3 Å². The molecule has 3 nitrogen and oxygen atoms in total. The second-order valence-electron chi connectivity index (χ2n) is 3.73. The summed E-state index contributed by atoms with van der Waals surface area (Å²) in [5, 5.41) is 8.89. The average molecular weight is 208 g/mol. The Morgan fingerprint density at radius 3 is 2.47 bits per heavy atom. The lowest BCUT2D eigenvalue weighted by Crippen LogP contribution is -2.25. The molecule has 0 bridgehead atoms. The highest BCUT2D eigenvalue weighted by molar-refractivity contribution is 5.27. The first-order chi connectivity index (χ1) is 7.38. The van der Waals surface area contributed by atoms with Crippen LogP contribution in [-0.2, 0) is 11.3 Å². The van der Waals surface area contributed by atoms with Gasteiger partial charge in [0.15, 0.2) is 0 Å². The van der Waals surface area contributed by atoms with Gasteiger partial charge in [-0.25, -0.2) is 0 Å². The van der Waals surface area contributed by atoms with Gasteiger partial charge >= 0.3 is 0 Å². The van der Waals surface area contributed by atoms with Crippen molar-refractivity contribution in [3.63, 3.8) is 0 Å². The van der Waals surface area contributed by atoms with Gasteiger partial charge < -0.3 is 14.6 Å². The Morgan fingerprint density at radius 2 is 1.87 bits per heavy atom. The number of aliphatic hydroxyl groups excluding tert-OH is 1. The lowest BCUT2D eigenvalue weighted by Gasteiger charge is -2.23. The molecule has 1 aliphatic rings. The first-order valence-electron chi connectivity index (χ1n) is 5.32. The number of hydrogen-bond donors (Lipinski definition) is 1. The predicted molar refractivity (Wildman–Crippen MR) is 56.8 cm³/mol. The second-order valence-corrected chi connectivity index (χ2v) is 3.73. The van der Waals surface area contributed by atoms with Crippen LogP contribution in [0.5, 0.6) is 5.75 Å².